The van der Waals surface area contributed by atoms with Crippen LogP contribution in [0.5, 0.6) is 0 Å². The summed E-state index contributed by atoms with van der Waals surface area (Å²) in [5.74, 6) is 0. The first-order valence-electron chi connectivity index (χ1n) is 4.79. The van der Waals surface area contributed by atoms with Crippen LogP contribution in [0.4, 0.5) is 5.69 Å². The highest BCUT2D eigenvalue weighted by atomic mass is 79.9. The Kier molecular flexibility index (Phi) is 3.52. The van der Waals surface area contributed by atoms with Crippen molar-refractivity contribution in [1.29, 1.82) is 0 Å². The maximum absolute atomic E-state index is 10.7. The number of nitro benzene ring substituents is 1. The van der Waals surface area contributed by atoms with Gasteiger partial charge in [0.1, 0.15) is 10.6 Å². The van der Waals surface area contributed by atoms with Crippen molar-refractivity contribution in [3.05, 3.63) is 38.3 Å². The second-order valence-corrected chi connectivity index (χ2v) is 4.27. The molecule has 2 rings (SSSR count). The summed E-state index contributed by atoms with van der Waals surface area (Å²) in [4.78, 5) is 10.3. The number of nitro groups is 1. The predicted molar refractivity (Wildman–Crippen MR) is 60.2 cm³/mol. The van der Waals surface area contributed by atoms with Crippen LogP contribution in [0.15, 0.2) is 22.7 Å². The Morgan fingerprint density at radius 2 is 2.31 bits per heavy atom. The predicted octanol–water partition coefficient (Wildman–Crippen LogP) is 2.27. The van der Waals surface area contributed by atoms with Gasteiger partial charge in [0.2, 0.25) is 0 Å². The van der Waals surface area contributed by atoms with Gasteiger partial charge in [0, 0.05) is 6.07 Å². The van der Waals surface area contributed by atoms with Crippen LogP contribution in [-0.4, -0.2) is 24.2 Å². The van der Waals surface area contributed by atoms with E-state index in [4.69, 9.17) is 9.47 Å². The topological polar surface area (TPSA) is 61.6 Å². The minimum atomic E-state index is -0.417. The van der Waals surface area contributed by atoms with E-state index in [0.29, 0.717) is 24.3 Å². The van der Waals surface area contributed by atoms with Crippen molar-refractivity contribution in [2.24, 2.45) is 0 Å². The number of halogens is 1. The highest BCUT2D eigenvalue weighted by Crippen LogP contribution is 2.29. The molecule has 1 aliphatic heterocycles. The summed E-state index contributed by atoms with van der Waals surface area (Å²) in [5.41, 5.74) is 0.840. The Bertz CT molecular complexity index is 406. The smallest absolute Gasteiger partial charge is 0.283 e. The van der Waals surface area contributed by atoms with E-state index in [1.165, 1.54) is 6.07 Å². The van der Waals surface area contributed by atoms with Crippen LogP contribution in [0.2, 0.25) is 0 Å². The third-order valence-electron chi connectivity index (χ3n) is 2.34. The molecule has 1 aromatic rings. The van der Waals surface area contributed by atoms with Gasteiger partial charge in [0.25, 0.3) is 5.69 Å². The van der Waals surface area contributed by atoms with Gasteiger partial charge < -0.3 is 9.47 Å². The Labute approximate surface area is 101 Å². The molecule has 0 aliphatic carbocycles. The van der Waals surface area contributed by atoms with Crippen molar-refractivity contribution in [3.63, 3.8) is 0 Å². The highest BCUT2D eigenvalue weighted by Gasteiger charge is 2.20. The van der Waals surface area contributed by atoms with Crippen molar-refractivity contribution in [1.82, 2.24) is 0 Å². The molecule has 0 spiro atoms. The number of hydrogen-bond donors (Lipinski definition) is 0. The summed E-state index contributed by atoms with van der Waals surface area (Å²) in [5, 5.41) is 10.7. The molecule has 0 unspecified atom stereocenters. The average molecular weight is 288 g/mol. The SMILES string of the molecule is O=[N+]([O-])c1cccc(COC2COC2)c1Br. The summed E-state index contributed by atoms with van der Waals surface area (Å²) in [7, 11) is 0. The molecule has 0 atom stereocenters. The average Bonchev–Trinajstić information content (AvgIpc) is 2.17. The molecule has 1 heterocycles. The Hall–Kier alpha value is -0.980. The van der Waals surface area contributed by atoms with Gasteiger partial charge in [-0.2, -0.15) is 0 Å². The van der Waals surface area contributed by atoms with E-state index < -0.39 is 4.92 Å². The fraction of sp³-hybridized carbons (Fsp3) is 0.400. The molecule has 1 aliphatic rings. The normalized spacial score (nSPS) is 15.8. The van der Waals surface area contributed by atoms with Crippen molar-refractivity contribution in [2.75, 3.05) is 13.2 Å². The lowest BCUT2D eigenvalue weighted by Crippen LogP contribution is -2.35. The quantitative estimate of drug-likeness (QED) is 0.630. The molecule has 0 saturated carbocycles. The van der Waals surface area contributed by atoms with Crippen LogP contribution in [0.25, 0.3) is 0 Å². The molecule has 0 aromatic heterocycles. The lowest BCUT2D eigenvalue weighted by atomic mass is 10.2. The zero-order valence-corrected chi connectivity index (χ0v) is 9.97. The van der Waals surface area contributed by atoms with Gasteiger partial charge in [-0.15, -0.1) is 0 Å². The molecule has 5 nitrogen and oxygen atoms in total. The van der Waals surface area contributed by atoms with Crippen molar-refractivity contribution in [3.8, 4) is 0 Å². The van der Waals surface area contributed by atoms with E-state index in [0.717, 1.165) is 5.56 Å². The third-order valence-corrected chi connectivity index (χ3v) is 3.25. The minimum absolute atomic E-state index is 0.0611. The zero-order chi connectivity index (χ0) is 11.5. The van der Waals surface area contributed by atoms with Crippen molar-refractivity contribution < 1.29 is 14.4 Å². The summed E-state index contributed by atoms with van der Waals surface area (Å²) >= 11 is 3.22. The molecule has 0 amide bonds. The largest absolute Gasteiger partial charge is 0.376 e. The Morgan fingerprint density at radius 3 is 2.88 bits per heavy atom. The fourth-order valence-electron chi connectivity index (χ4n) is 1.34. The number of ether oxygens (including phenoxy) is 2. The molecule has 0 N–H and O–H groups in total. The summed E-state index contributed by atoms with van der Waals surface area (Å²) < 4.78 is 11.0. The van der Waals surface area contributed by atoms with Gasteiger partial charge in [0.05, 0.1) is 24.7 Å². The van der Waals surface area contributed by atoms with Crippen molar-refractivity contribution >= 4 is 21.6 Å². The van der Waals surface area contributed by atoms with E-state index in [-0.39, 0.29) is 11.8 Å². The number of benzene rings is 1. The van der Waals surface area contributed by atoms with Crippen LogP contribution >= 0.6 is 15.9 Å². The van der Waals surface area contributed by atoms with E-state index >= 15 is 0 Å². The van der Waals surface area contributed by atoms with E-state index in [9.17, 15) is 10.1 Å². The van der Waals surface area contributed by atoms with E-state index in [1.54, 1.807) is 12.1 Å². The molecule has 1 fully saturated rings. The fourth-order valence-corrected chi connectivity index (χ4v) is 1.86. The van der Waals surface area contributed by atoms with Gasteiger partial charge in [-0.3, -0.25) is 10.1 Å². The first-order chi connectivity index (χ1) is 7.68. The maximum Gasteiger partial charge on any atom is 0.283 e. The minimum Gasteiger partial charge on any atom is -0.376 e. The summed E-state index contributed by atoms with van der Waals surface area (Å²) in [6.07, 6.45) is 0.117. The van der Waals surface area contributed by atoms with Crippen LogP contribution in [-0.2, 0) is 16.1 Å². The standard InChI is InChI=1S/C10H10BrNO4/c11-10-7(4-16-8-5-15-6-8)2-1-3-9(10)12(13)14/h1-3,8H,4-6H2. The van der Waals surface area contributed by atoms with Gasteiger partial charge >= 0.3 is 0 Å². The first kappa shape index (κ1) is 11.5. The molecular formula is C10H10BrNO4. The van der Waals surface area contributed by atoms with E-state index in [1.807, 2.05) is 0 Å². The second-order valence-electron chi connectivity index (χ2n) is 3.48. The van der Waals surface area contributed by atoms with E-state index in [2.05, 4.69) is 15.9 Å². The molecule has 0 bridgehead atoms. The molecular weight excluding hydrogens is 278 g/mol. The first-order valence-corrected chi connectivity index (χ1v) is 5.59. The summed E-state index contributed by atoms with van der Waals surface area (Å²) in [6, 6.07) is 4.91. The molecule has 1 saturated heterocycles. The lowest BCUT2D eigenvalue weighted by molar-refractivity contribution is -0.385. The highest BCUT2D eigenvalue weighted by molar-refractivity contribution is 9.10. The van der Waals surface area contributed by atoms with Crippen LogP contribution in [0.1, 0.15) is 5.56 Å². The number of hydrogen-bond acceptors (Lipinski definition) is 4. The van der Waals surface area contributed by atoms with Crippen LogP contribution < -0.4 is 0 Å². The zero-order valence-electron chi connectivity index (χ0n) is 8.39. The number of nitrogens with zero attached hydrogens (tertiary/aromatic N) is 1. The van der Waals surface area contributed by atoms with Gasteiger partial charge in [0.15, 0.2) is 0 Å². The molecule has 86 valence electrons. The van der Waals surface area contributed by atoms with Crippen molar-refractivity contribution in [2.45, 2.75) is 12.7 Å². The number of rotatable bonds is 4. The van der Waals surface area contributed by atoms with Gasteiger partial charge in [-0.05, 0) is 21.5 Å². The molecule has 0 radical (unpaired) electrons. The Morgan fingerprint density at radius 1 is 1.56 bits per heavy atom. The maximum atomic E-state index is 10.7. The summed E-state index contributed by atoms with van der Waals surface area (Å²) in [6.45, 7) is 1.56. The van der Waals surface area contributed by atoms with Crippen LogP contribution in [0.3, 0.4) is 0 Å². The second kappa shape index (κ2) is 4.90. The Balaban J connectivity index is 2.07. The van der Waals surface area contributed by atoms with Crippen LogP contribution in [0, 0.1) is 10.1 Å². The van der Waals surface area contributed by atoms with Gasteiger partial charge in [-0.1, -0.05) is 12.1 Å². The third kappa shape index (κ3) is 2.40. The monoisotopic (exact) mass is 287 g/mol. The molecule has 1 aromatic carbocycles. The molecule has 6 heteroatoms. The van der Waals surface area contributed by atoms with Gasteiger partial charge in [-0.25, -0.2) is 0 Å². The lowest BCUT2D eigenvalue weighted by Gasteiger charge is -2.26. The molecule has 16 heavy (non-hydrogen) atoms.